The van der Waals surface area contributed by atoms with E-state index in [1.54, 1.807) is 13.2 Å². The van der Waals surface area contributed by atoms with E-state index in [2.05, 4.69) is 5.18 Å². The molecule has 132 valence electrons. The Balaban J connectivity index is 1.97. The molecule has 1 spiro atoms. The van der Waals surface area contributed by atoms with Crippen molar-refractivity contribution in [1.82, 2.24) is 0 Å². The fourth-order valence-electron chi connectivity index (χ4n) is 4.67. The van der Waals surface area contributed by atoms with Crippen LogP contribution in [-0.2, 0) is 21.4 Å². The largest absolute Gasteiger partial charge is 0.493 e. The molecule has 1 aromatic rings. The van der Waals surface area contributed by atoms with E-state index in [1.165, 1.54) is 0 Å². The smallest absolute Gasteiger partial charge is 0.201 e. The third kappa shape index (κ3) is 2.31. The van der Waals surface area contributed by atoms with Gasteiger partial charge in [-0.25, -0.2) is 0 Å². The van der Waals surface area contributed by atoms with Gasteiger partial charge in [-0.15, -0.1) is 0 Å². The van der Waals surface area contributed by atoms with Crippen LogP contribution in [0.1, 0.15) is 30.9 Å². The summed E-state index contributed by atoms with van der Waals surface area (Å²) in [6.07, 6.45) is 4.53. The van der Waals surface area contributed by atoms with Crippen LogP contribution in [-0.4, -0.2) is 31.8 Å². The predicted octanol–water partition coefficient (Wildman–Crippen LogP) is 2.91. The molecule has 0 unspecified atom stereocenters. The maximum Gasteiger partial charge on any atom is 0.201 e. The lowest BCUT2D eigenvalue weighted by molar-refractivity contribution is -0.122. The third-order valence-corrected chi connectivity index (χ3v) is 5.68. The van der Waals surface area contributed by atoms with Crippen LogP contribution >= 0.6 is 0 Å². The number of rotatable bonds is 4. The van der Waals surface area contributed by atoms with E-state index in [0.717, 1.165) is 11.1 Å². The molecule has 0 amide bonds. The molecular formula is C19H21NO5. The second kappa shape index (κ2) is 5.95. The summed E-state index contributed by atoms with van der Waals surface area (Å²) in [7, 11) is 1.61. The lowest BCUT2D eigenvalue weighted by Gasteiger charge is -2.51. The molecule has 1 heterocycles. The summed E-state index contributed by atoms with van der Waals surface area (Å²) in [6, 6.07) is 3.40. The van der Waals surface area contributed by atoms with Crippen molar-refractivity contribution in [3.05, 3.63) is 40.3 Å². The molecular weight excluding hydrogens is 322 g/mol. The van der Waals surface area contributed by atoms with Crippen molar-refractivity contribution in [2.24, 2.45) is 11.1 Å². The number of allylic oxidation sites excluding steroid dienone is 2. The number of hydrogen-bond donors (Lipinski definition) is 0. The van der Waals surface area contributed by atoms with Gasteiger partial charge in [0.25, 0.3) is 0 Å². The van der Waals surface area contributed by atoms with Gasteiger partial charge in [-0.2, -0.15) is 4.91 Å². The molecule has 0 saturated carbocycles. The molecule has 25 heavy (non-hydrogen) atoms. The summed E-state index contributed by atoms with van der Waals surface area (Å²) >= 11 is 0. The normalized spacial score (nSPS) is 32.4. The monoisotopic (exact) mass is 343 g/mol. The van der Waals surface area contributed by atoms with Crippen LogP contribution in [0, 0.1) is 10.8 Å². The minimum atomic E-state index is -0.484. The zero-order chi connectivity index (χ0) is 17.6. The lowest BCUT2D eigenvalue weighted by atomic mass is 9.55. The summed E-state index contributed by atoms with van der Waals surface area (Å²) < 4.78 is 17.4. The molecule has 6 nitrogen and oxygen atoms in total. The van der Waals surface area contributed by atoms with Gasteiger partial charge >= 0.3 is 0 Å². The Labute approximate surface area is 146 Å². The topological polar surface area (TPSA) is 74.2 Å². The summed E-state index contributed by atoms with van der Waals surface area (Å²) in [6.45, 7) is 2.43. The van der Waals surface area contributed by atoms with Gasteiger partial charge in [0.15, 0.2) is 17.3 Å². The van der Waals surface area contributed by atoms with Crippen LogP contribution in [0.3, 0.4) is 0 Å². The van der Waals surface area contributed by atoms with E-state index in [9.17, 15) is 9.70 Å². The van der Waals surface area contributed by atoms with Crippen molar-refractivity contribution in [2.45, 2.75) is 43.9 Å². The van der Waals surface area contributed by atoms with E-state index in [0.29, 0.717) is 37.4 Å². The number of nitroso groups, excluding NO2 is 1. The third-order valence-electron chi connectivity index (χ3n) is 5.68. The number of hydrogen-bond acceptors (Lipinski definition) is 6. The van der Waals surface area contributed by atoms with Crippen LogP contribution in [0.2, 0.25) is 0 Å². The number of benzene rings is 1. The van der Waals surface area contributed by atoms with Gasteiger partial charge < -0.3 is 14.2 Å². The van der Waals surface area contributed by atoms with Gasteiger partial charge in [-0.1, -0.05) is 17.3 Å². The molecule has 1 aromatic carbocycles. The highest BCUT2D eigenvalue weighted by Crippen LogP contribution is 2.57. The highest BCUT2D eigenvalue weighted by atomic mass is 16.7. The fraction of sp³-hybridized carbons (Fsp3) is 0.526. The molecule has 0 saturated heterocycles. The van der Waals surface area contributed by atoms with Gasteiger partial charge in [-0.3, -0.25) is 4.79 Å². The molecule has 0 aromatic heterocycles. The second-order valence-corrected chi connectivity index (χ2v) is 6.87. The SMILES string of the molecule is CCO[C@@H]1C[C@]23C=CC(=O)C[C@H]2[C@H](N=O)Cc2ccc(OC)c(c23)O1. The predicted molar refractivity (Wildman–Crippen MR) is 90.9 cm³/mol. The average Bonchev–Trinajstić information content (AvgIpc) is 2.62. The molecule has 4 rings (SSSR count). The standard InChI is InChI=1S/C19H21NO5/c1-3-24-16-10-19-7-6-12(21)9-13(19)14(20-22)8-11-4-5-15(23-2)18(25-16)17(11)19/h4-7,13-14,16H,3,8-10H2,1-2H3/t13-,14+,16-,19+/m0/s1. The van der Waals surface area contributed by atoms with Gasteiger partial charge in [0.2, 0.25) is 6.29 Å². The van der Waals surface area contributed by atoms with Crippen molar-refractivity contribution in [2.75, 3.05) is 13.7 Å². The number of carbonyl (C=O) groups is 1. The Bertz CT molecular complexity index is 758. The Morgan fingerprint density at radius 2 is 2.20 bits per heavy atom. The van der Waals surface area contributed by atoms with Crippen molar-refractivity contribution in [1.29, 1.82) is 0 Å². The molecule has 0 bridgehead atoms. The number of nitrogens with zero attached hydrogens (tertiary/aromatic N) is 1. The average molecular weight is 343 g/mol. The number of ketones is 1. The Morgan fingerprint density at radius 1 is 1.36 bits per heavy atom. The molecule has 1 aliphatic heterocycles. The maximum atomic E-state index is 12.1. The van der Waals surface area contributed by atoms with Crippen molar-refractivity contribution >= 4 is 5.78 Å². The number of carbonyl (C=O) groups excluding carboxylic acids is 1. The van der Waals surface area contributed by atoms with Crippen LogP contribution < -0.4 is 9.47 Å². The second-order valence-electron chi connectivity index (χ2n) is 6.87. The summed E-state index contributed by atoms with van der Waals surface area (Å²) in [4.78, 5) is 23.6. The molecule has 0 radical (unpaired) electrons. The number of ether oxygens (including phenoxy) is 3. The van der Waals surface area contributed by atoms with Crippen LogP contribution in [0.25, 0.3) is 0 Å². The van der Waals surface area contributed by atoms with E-state index < -0.39 is 17.7 Å². The van der Waals surface area contributed by atoms with Gasteiger partial charge in [0.05, 0.1) is 7.11 Å². The van der Waals surface area contributed by atoms with Crippen LogP contribution in [0.4, 0.5) is 0 Å². The van der Waals surface area contributed by atoms with E-state index >= 15 is 0 Å². The summed E-state index contributed by atoms with van der Waals surface area (Å²) in [5.41, 5.74) is 1.57. The first-order valence-corrected chi connectivity index (χ1v) is 8.66. The molecule has 0 fully saturated rings. The van der Waals surface area contributed by atoms with Crippen molar-refractivity contribution in [3.63, 3.8) is 0 Å². The van der Waals surface area contributed by atoms with E-state index in [1.807, 2.05) is 25.1 Å². The van der Waals surface area contributed by atoms with Gasteiger partial charge in [-0.05, 0) is 31.1 Å². The first-order valence-electron chi connectivity index (χ1n) is 8.66. The summed E-state index contributed by atoms with van der Waals surface area (Å²) in [5, 5.41) is 3.38. The molecule has 4 atom stereocenters. The zero-order valence-corrected chi connectivity index (χ0v) is 14.4. The first-order chi connectivity index (χ1) is 12.1. The van der Waals surface area contributed by atoms with Crippen molar-refractivity contribution in [3.8, 4) is 11.5 Å². The highest BCUT2D eigenvalue weighted by Gasteiger charge is 2.55. The zero-order valence-electron chi connectivity index (χ0n) is 14.4. The minimum absolute atomic E-state index is 0.0385. The Kier molecular flexibility index (Phi) is 3.87. The molecule has 6 heteroatoms. The summed E-state index contributed by atoms with van der Waals surface area (Å²) in [5.74, 6) is 1.17. The highest BCUT2D eigenvalue weighted by molar-refractivity contribution is 5.92. The minimum Gasteiger partial charge on any atom is -0.493 e. The molecule has 3 aliphatic rings. The van der Waals surface area contributed by atoms with Crippen LogP contribution in [0.5, 0.6) is 11.5 Å². The van der Waals surface area contributed by atoms with E-state index in [4.69, 9.17) is 14.2 Å². The van der Waals surface area contributed by atoms with Gasteiger partial charge in [0.1, 0.15) is 6.04 Å². The Hall–Kier alpha value is -2.21. The Morgan fingerprint density at radius 3 is 2.92 bits per heavy atom. The van der Waals surface area contributed by atoms with Gasteiger partial charge in [0, 0.05) is 36.3 Å². The van der Waals surface area contributed by atoms with Crippen molar-refractivity contribution < 1.29 is 19.0 Å². The van der Waals surface area contributed by atoms with E-state index in [-0.39, 0.29) is 11.7 Å². The maximum absolute atomic E-state index is 12.1. The molecule has 0 N–H and O–H groups in total. The van der Waals surface area contributed by atoms with Crippen LogP contribution in [0.15, 0.2) is 29.5 Å². The lowest BCUT2D eigenvalue weighted by Crippen LogP contribution is -2.53. The first kappa shape index (κ1) is 16.3. The fourth-order valence-corrected chi connectivity index (χ4v) is 4.67. The quantitative estimate of drug-likeness (QED) is 0.786. The number of methoxy groups -OCH3 is 1. The molecule has 2 aliphatic carbocycles.